The van der Waals surface area contributed by atoms with E-state index in [9.17, 15) is 9.59 Å². The van der Waals surface area contributed by atoms with Gasteiger partial charge in [0.2, 0.25) is 11.8 Å². The van der Waals surface area contributed by atoms with Crippen molar-refractivity contribution < 1.29 is 19.1 Å². The molecule has 0 saturated heterocycles. The number of hydrogen-bond acceptors (Lipinski definition) is 4. The third kappa shape index (κ3) is 4.52. The van der Waals surface area contributed by atoms with E-state index in [4.69, 9.17) is 9.47 Å². The Balaban J connectivity index is 1.57. The first-order valence-electron chi connectivity index (χ1n) is 9.18. The van der Waals surface area contributed by atoms with Crippen molar-refractivity contribution in [3.8, 4) is 11.5 Å². The molecule has 0 radical (unpaired) electrons. The number of ether oxygens (including phenoxy) is 2. The van der Waals surface area contributed by atoms with Crippen molar-refractivity contribution in [1.82, 2.24) is 5.32 Å². The van der Waals surface area contributed by atoms with Gasteiger partial charge in [0.1, 0.15) is 0 Å². The Labute approximate surface area is 164 Å². The fourth-order valence-electron chi connectivity index (χ4n) is 3.24. The third-order valence-electron chi connectivity index (χ3n) is 4.66. The van der Waals surface area contributed by atoms with E-state index >= 15 is 0 Å². The number of aryl methyl sites for hydroxylation is 1. The van der Waals surface area contributed by atoms with Crippen molar-refractivity contribution in [1.29, 1.82) is 0 Å². The van der Waals surface area contributed by atoms with Gasteiger partial charge in [-0.3, -0.25) is 9.59 Å². The number of carbonyl (C=O) groups is 2. The van der Waals surface area contributed by atoms with Crippen LogP contribution < -0.4 is 19.7 Å². The highest BCUT2D eigenvalue weighted by Crippen LogP contribution is 2.28. The highest BCUT2D eigenvalue weighted by Gasteiger charge is 2.21. The van der Waals surface area contributed by atoms with Crippen LogP contribution in [0.1, 0.15) is 17.5 Å². The van der Waals surface area contributed by atoms with Crippen LogP contribution in [0, 0.1) is 0 Å². The molecular formula is C22H24N2O4. The first-order valence-corrected chi connectivity index (χ1v) is 9.18. The number of carbonyl (C=O) groups excluding carboxylic acids is 2. The molecule has 3 rings (SSSR count). The topological polar surface area (TPSA) is 67.9 Å². The molecule has 2 amide bonds. The van der Waals surface area contributed by atoms with Gasteiger partial charge in [-0.25, -0.2) is 0 Å². The lowest BCUT2D eigenvalue weighted by molar-refractivity contribution is -0.122. The molecule has 1 aliphatic heterocycles. The second-order valence-electron chi connectivity index (χ2n) is 6.44. The van der Waals surface area contributed by atoms with E-state index in [2.05, 4.69) is 5.32 Å². The van der Waals surface area contributed by atoms with Crippen LogP contribution in [-0.2, 0) is 16.0 Å². The van der Waals surface area contributed by atoms with Gasteiger partial charge in [0.25, 0.3) is 0 Å². The van der Waals surface area contributed by atoms with E-state index in [0.29, 0.717) is 18.0 Å². The summed E-state index contributed by atoms with van der Waals surface area (Å²) >= 11 is 0. The predicted octanol–water partition coefficient (Wildman–Crippen LogP) is 2.81. The minimum atomic E-state index is -0.326. The zero-order valence-electron chi connectivity index (χ0n) is 16.1. The summed E-state index contributed by atoms with van der Waals surface area (Å²) in [4.78, 5) is 26.4. The van der Waals surface area contributed by atoms with Crippen molar-refractivity contribution in [2.45, 2.75) is 12.8 Å². The quantitative estimate of drug-likeness (QED) is 0.783. The molecule has 0 atom stereocenters. The average Bonchev–Trinajstić information content (AvgIpc) is 2.75. The Kier molecular flexibility index (Phi) is 6.32. The summed E-state index contributed by atoms with van der Waals surface area (Å²) in [7, 11) is 3.13. The van der Waals surface area contributed by atoms with Gasteiger partial charge in [-0.15, -0.1) is 0 Å². The number of nitrogens with zero attached hydrogens (tertiary/aromatic N) is 1. The molecule has 1 N–H and O–H groups in total. The van der Waals surface area contributed by atoms with Crippen LogP contribution in [0.15, 0.2) is 48.5 Å². The van der Waals surface area contributed by atoms with Crippen molar-refractivity contribution >= 4 is 23.6 Å². The minimum absolute atomic E-state index is 0.0383. The third-order valence-corrected chi connectivity index (χ3v) is 4.66. The smallest absolute Gasteiger partial charge is 0.246 e. The first kappa shape index (κ1) is 19.5. The van der Waals surface area contributed by atoms with Gasteiger partial charge in [-0.1, -0.05) is 24.3 Å². The highest BCUT2D eigenvalue weighted by atomic mass is 16.5. The molecule has 0 aliphatic carbocycles. The second-order valence-corrected chi connectivity index (χ2v) is 6.44. The van der Waals surface area contributed by atoms with Gasteiger partial charge < -0.3 is 19.7 Å². The molecule has 1 aliphatic rings. The molecule has 28 heavy (non-hydrogen) atoms. The number of rotatable bonds is 6. The largest absolute Gasteiger partial charge is 0.493 e. The Bertz CT molecular complexity index is 892. The summed E-state index contributed by atoms with van der Waals surface area (Å²) in [5, 5.41) is 2.66. The highest BCUT2D eigenvalue weighted by molar-refractivity contribution is 6.00. The van der Waals surface area contributed by atoms with Crippen LogP contribution in [0.25, 0.3) is 6.08 Å². The lowest BCUT2D eigenvalue weighted by Gasteiger charge is -2.29. The molecule has 0 fully saturated rings. The molecule has 0 aromatic heterocycles. The van der Waals surface area contributed by atoms with Gasteiger partial charge in [0.15, 0.2) is 11.5 Å². The molecule has 0 saturated carbocycles. The molecule has 6 heteroatoms. The Morgan fingerprint density at radius 2 is 1.89 bits per heavy atom. The van der Waals surface area contributed by atoms with Crippen LogP contribution in [-0.4, -0.2) is 39.1 Å². The maximum Gasteiger partial charge on any atom is 0.246 e. The Hall–Kier alpha value is -3.28. The number of para-hydroxylation sites is 1. The lowest BCUT2D eigenvalue weighted by atomic mass is 10.0. The molecule has 146 valence electrons. The lowest BCUT2D eigenvalue weighted by Crippen LogP contribution is -2.42. The van der Waals surface area contributed by atoms with Gasteiger partial charge in [-0.2, -0.15) is 0 Å². The molecule has 0 spiro atoms. The van der Waals surface area contributed by atoms with Crippen LogP contribution in [0.2, 0.25) is 0 Å². The molecule has 2 aromatic carbocycles. The van der Waals surface area contributed by atoms with E-state index in [1.165, 1.54) is 11.6 Å². The number of anilines is 1. The van der Waals surface area contributed by atoms with Gasteiger partial charge in [-0.05, 0) is 48.2 Å². The van der Waals surface area contributed by atoms with Crippen LogP contribution >= 0.6 is 0 Å². The van der Waals surface area contributed by atoms with Crippen LogP contribution in [0.3, 0.4) is 0 Å². The molecule has 2 aromatic rings. The summed E-state index contributed by atoms with van der Waals surface area (Å²) < 4.78 is 10.4. The van der Waals surface area contributed by atoms with Crippen LogP contribution in [0.5, 0.6) is 11.5 Å². The van der Waals surface area contributed by atoms with E-state index in [-0.39, 0.29) is 18.4 Å². The standard InChI is InChI=1S/C22H24N2O4/c1-27-19-11-9-16(14-20(19)28-2)10-12-21(25)23-15-22(26)24-13-5-7-17-6-3-4-8-18(17)24/h3-4,6,8-12,14H,5,7,13,15H2,1-2H3,(H,23,25). The van der Waals surface area contributed by atoms with Gasteiger partial charge in [0, 0.05) is 18.3 Å². The predicted molar refractivity (Wildman–Crippen MR) is 109 cm³/mol. The van der Waals surface area contributed by atoms with Gasteiger partial charge in [0.05, 0.1) is 20.8 Å². The zero-order valence-corrected chi connectivity index (χ0v) is 16.1. The molecule has 0 bridgehead atoms. The Morgan fingerprint density at radius 1 is 1.11 bits per heavy atom. The fourth-order valence-corrected chi connectivity index (χ4v) is 3.24. The Morgan fingerprint density at radius 3 is 2.68 bits per heavy atom. The summed E-state index contributed by atoms with van der Waals surface area (Å²) in [5.41, 5.74) is 2.90. The number of nitrogens with one attached hydrogen (secondary N) is 1. The molecular weight excluding hydrogens is 356 g/mol. The maximum atomic E-state index is 12.6. The number of fused-ring (bicyclic) bond motifs is 1. The average molecular weight is 380 g/mol. The van der Waals surface area contributed by atoms with Crippen molar-refractivity contribution in [3.63, 3.8) is 0 Å². The fraction of sp³-hybridized carbons (Fsp3) is 0.273. The summed E-state index contributed by atoms with van der Waals surface area (Å²) in [5.74, 6) is 0.772. The van der Waals surface area contributed by atoms with E-state index < -0.39 is 0 Å². The number of hydrogen-bond donors (Lipinski definition) is 1. The van der Waals surface area contributed by atoms with Crippen molar-refractivity contribution in [3.05, 3.63) is 59.7 Å². The monoisotopic (exact) mass is 380 g/mol. The number of benzene rings is 2. The van der Waals surface area contributed by atoms with Crippen molar-refractivity contribution in [2.24, 2.45) is 0 Å². The van der Waals surface area contributed by atoms with E-state index in [0.717, 1.165) is 24.1 Å². The molecule has 0 unspecified atom stereocenters. The summed E-state index contributed by atoms with van der Waals surface area (Å²) in [6.45, 7) is 0.636. The normalized spacial score (nSPS) is 13.1. The second kappa shape index (κ2) is 9.08. The SMILES string of the molecule is COc1ccc(C=CC(=O)NCC(=O)N2CCCc3ccccc32)cc1OC. The van der Waals surface area contributed by atoms with Gasteiger partial charge >= 0.3 is 0 Å². The molecule has 6 nitrogen and oxygen atoms in total. The zero-order chi connectivity index (χ0) is 19.9. The summed E-state index contributed by atoms with van der Waals surface area (Å²) in [6.07, 6.45) is 4.97. The number of methoxy groups -OCH3 is 2. The minimum Gasteiger partial charge on any atom is -0.493 e. The summed E-state index contributed by atoms with van der Waals surface area (Å²) in [6, 6.07) is 13.3. The maximum absolute atomic E-state index is 12.6. The first-order chi connectivity index (χ1) is 13.6. The van der Waals surface area contributed by atoms with E-state index in [1.807, 2.05) is 30.3 Å². The molecule has 1 heterocycles. The van der Waals surface area contributed by atoms with E-state index in [1.54, 1.807) is 37.3 Å². The number of amides is 2. The van der Waals surface area contributed by atoms with Crippen molar-refractivity contribution in [2.75, 3.05) is 32.2 Å². The van der Waals surface area contributed by atoms with Crippen LogP contribution in [0.4, 0.5) is 5.69 Å².